The fourth-order valence-corrected chi connectivity index (χ4v) is 5.99. The van der Waals surface area contributed by atoms with E-state index in [1.807, 2.05) is 0 Å². The van der Waals surface area contributed by atoms with Gasteiger partial charge in [0, 0.05) is 13.0 Å². The van der Waals surface area contributed by atoms with Gasteiger partial charge in [0.05, 0.1) is 25.4 Å². The first-order chi connectivity index (χ1) is 21.9. The van der Waals surface area contributed by atoms with Crippen LogP contribution in [0.3, 0.4) is 0 Å². The van der Waals surface area contributed by atoms with Crippen LogP contribution in [0.1, 0.15) is 168 Å². The fourth-order valence-electron chi connectivity index (χ4n) is 5.23. The Morgan fingerprint density at radius 3 is 1.84 bits per heavy atom. The van der Waals surface area contributed by atoms with E-state index >= 15 is 0 Å². The lowest BCUT2D eigenvalue weighted by molar-refractivity contribution is -0.123. The second kappa shape index (κ2) is 32.9. The number of nitrogens with one attached hydrogen (secondary N) is 1. The van der Waals surface area contributed by atoms with Crippen LogP contribution < -0.4 is 11.1 Å². The van der Waals surface area contributed by atoms with Crippen LogP contribution in [0.2, 0.25) is 0 Å². The monoisotopic (exact) mass is 659 g/mol. The SMILES string of the molecule is CCC/C=C\C/C=C\CCCCCCCC(=O)NC(COP(=O)(O)OCCN)C(O)CCCCCCCCCCCCCCC. The quantitative estimate of drug-likeness (QED) is 0.0308. The van der Waals surface area contributed by atoms with Crippen molar-refractivity contribution in [2.45, 2.75) is 180 Å². The molecule has 8 nitrogen and oxygen atoms in total. The largest absolute Gasteiger partial charge is 0.472 e. The van der Waals surface area contributed by atoms with Crippen molar-refractivity contribution >= 4 is 13.7 Å². The highest BCUT2D eigenvalue weighted by atomic mass is 31.2. The van der Waals surface area contributed by atoms with Gasteiger partial charge in [0.2, 0.25) is 5.91 Å². The number of phosphoric ester groups is 1. The van der Waals surface area contributed by atoms with Crippen molar-refractivity contribution < 1.29 is 28.4 Å². The molecule has 0 radical (unpaired) electrons. The van der Waals surface area contributed by atoms with Gasteiger partial charge < -0.3 is 21.1 Å². The first kappa shape index (κ1) is 44.0. The predicted molar refractivity (Wildman–Crippen MR) is 189 cm³/mol. The standard InChI is InChI=1S/C36H71N2O6P/c1-3-5-7-9-11-13-15-17-19-21-23-25-27-29-35(39)34(33-44-45(41,42)43-32-31-37)38-36(40)30-28-26-24-22-20-18-16-14-12-10-8-6-4-2/h8,10,14,16,34-35,39H,3-7,9,11-13,15,17-33,37H2,1-2H3,(H,38,40)(H,41,42)/b10-8-,16-14-. The Morgan fingerprint density at radius 1 is 0.733 bits per heavy atom. The van der Waals surface area contributed by atoms with Gasteiger partial charge in [0.1, 0.15) is 0 Å². The third-order valence-corrected chi connectivity index (χ3v) is 9.02. The molecule has 0 bridgehead atoms. The van der Waals surface area contributed by atoms with Crippen LogP contribution >= 0.6 is 7.82 Å². The molecule has 0 fully saturated rings. The summed E-state index contributed by atoms with van der Waals surface area (Å²) in [6, 6.07) is -0.777. The molecule has 0 aromatic heterocycles. The minimum absolute atomic E-state index is 0.0865. The zero-order valence-electron chi connectivity index (χ0n) is 29.1. The van der Waals surface area contributed by atoms with E-state index in [1.165, 1.54) is 70.6 Å². The predicted octanol–water partition coefficient (Wildman–Crippen LogP) is 9.44. The van der Waals surface area contributed by atoms with E-state index in [0.717, 1.165) is 70.6 Å². The van der Waals surface area contributed by atoms with E-state index in [1.54, 1.807) is 0 Å². The summed E-state index contributed by atoms with van der Waals surface area (Å²) in [5, 5.41) is 13.7. The van der Waals surface area contributed by atoms with Gasteiger partial charge in [0.15, 0.2) is 0 Å². The summed E-state index contributed by atoms with van der Waals surface area (Å²) in [6.45, 7) is 4.11. The molecule has 0 heterocycles. The molecule has 0 aliphatic rings. The molecule has 266 valence electrons. The van der Waals surface area contributed by atoms with Crippen LogP contribution in [0.25, 0.3) is 0 Å². The Kier molecular flexibility index (Phi) is 32.2. The number of carbonyl (C=O) groups is 1. The maximum atomic E-state index is 12.7. The Hall–Kier alpha value is -1.02. The van der Waals surface area contributed by atoms with Crippen LogP contribution in [-0.4, -0.2) is 47.8 Å². The van der Waals surface area contributed by atoms with Gasteiger partial charge in [-0.3, -0.25) is 13.8 Å². The maximum absolute atomic E-state index is 12.7. The van der Waals surface area contributed by atoms with Crippen molar-refractivity contribution in [3.05, 3.63) is 24.3 Å². The molecular formula is C36H71N2O6P. The number of hydrogen-bond acceptors (Lipinski definition) is 6. The molecule has 3 unspecified atom stereocenters. The Bertz CT molecular complexity index is 764. The lowest BCUT2D eigenvalue weighted by atomic mass is 10.0. The molecule has 0 rings (SSSR count). The van der Waals surface area contributed by atoms with E-state index in [4.69, 9.17) is 14.8 Å². The Labute approximate surface area is 277 Å². The van der Waals surface area contributed by atoms with Crippen molar-refractivity contribution in [3.63, 3.8) is 0 Å². The van der Waals surface area contributed by atoms with E-state index < -0.39 is 20.0 Å². The molecular weight excluding hydrogens is 587 g/mol. The van der Waals surface area contributed by atoms with Gasteiger partial charge in [0.25, 0.3) is 0 Å². The number of hydrogen-bond donors (Lipinski definition) is 4. The van der Waals surface area contributed by atoms with Crippen LogP contribution in [0, 0.1) is 0 Å². The smallest absolute Gasteiger partial charge is 0.391 e. The summed E-state index contributed by atoms with van der Waals surface area (Å²) in [7, 11) is -4.31. The summed E-state index contributed by atoms with van der Waals surface area (Å²) in [4.78, 5) is 22.6. The van der Waals surface area contributed by atoms with Crippen LogP contribution in [0.4, 0.5) is 0 Å². The van der Waals surface area contributed by atoms with Crippen LogP contribution in [-0.2, 0) is 18.4 Å². The maximum Gasteiger partial charge on any atom is 0.472 e. The Morgan fingerprint density at radius 2 is 1.27 bits per heavy atom. The first-order valence-electron chi connectivity index (χ1n) is 18.5. The summed E-state index contributed by atoms with van der Waals surface area (Å²) < 4.78 is 22.1. The van der Waals surface area contributed by atoms with Crippen molar-refractivity contribution in [1.82, 2.24) is 5.32 Å². The number of carbonyl (C=O) groups excluding carboxylic acids is 1. The average Bonchev–Trinajstić information content (AvgIpc) is 3.02. The van der Waals surface area contributed by atoms with Crippen molar-refractivity contribution in [2.75, 3.05) is 19.8 Å². The number of rotatable bonds is 34. The molecule has 0 aromatic rings. The van der Waals surface area contributed by atoms with E-state index in [-0.39, 0.29) is 25.7 Å². The molecule has 1 amide bonds. The summed E-state index contributed by atoms with van der Waals surface area (Å²) in [6.07, 6.45) is 34.6. The first-order valence-corrected chi connectivity index (χ1v) is 19.9. The zero-order valence-corrected chi connectivity index (χ0v) is 30.0. The second-order valence-electron chi connectivity index (χ2n) is 12.4. The molecule has 0 aliphatic carbocycles. The van der Waals surface area contributed by atoms with Gasteiger partial charge in [-0.2, -0.15) is 0 Å². The van der Waals surface area contributed by atoms with Gasteiger partial charge >= 0.3 is 7.82 Å². The average molecular weight is 659 g/mol. The number of unbranched alkanes of at least 4 members (excludes halogenated alkanes) is 18. The summed E-state index contributed by atoms with van der Waals surface area (Å²) >= 11 is 0. The van der Waals surface area contributed by atoms with E-state index in [2.05, 4.69) is 43.5 Å². The third kappa shape index (κ3) is 31.4. The molecule has 0 aliphatic heterocycles. The fraction of sp³-hybridized carbons (Fsp3) is 0.861. The number of amides is 1. The molecule has 0 saturated heterocycles. The number of allylic oxidation sites excluding steroid dienone is 4. The van der Waals surface area contributed by atoms with E-state index in [9.17, 15) is 19.4 Å². The van der Waals surface area contributed by atoms with Crippen molar-refractivity contribution in [2.24, 2.45) is 5.73 Å². The van der Waals surface area contributed by atoms with Crippen LogP contribution in [0.15, 0.2) is 24.3 Å². The molecule has 9 heteroatoms. The van der Waals surface area contributed by atoms with Gasteiger partial charge in [-0.15, -0.1) is 0 Å². The topological polar surface area (TPSA) is 131 Å². The summed E-state index contributed by atoms with van der Waals surface area (Å²) in [5.41, 5.74) is 5.35. The minimum atomic E-state index is -4.31. The normalized spacial score (nSPS) is 14.7. The van der Waals surface area contributed by atoms with Gasteiger partial charge in [-0.05, 0) is 38.5 Å². The van der Waals surface area contributed by atoms with Gasteiger partial charge in [-0.1, -0.05) is 147 Å². The van der Waals surface area contributed by atoms with Crippen molar-refractivity contribution in [1.29, 1.82) is 0 Å². The third-order valence-electron chi connectivity index (χ3n) is 8.04. The molecule has 0 saturated carbocycles. The highest BCUT2D eigenvalue weighted by molar-refractivity contribution is 7.47. The zero-order chi connectivity index (χ0) is 33.3. The minimum Gasteiger partial charge on any atom is -0.391 e. The molecule has 3 atom stereocenters. The molecule has 0 spiro atoms. The molecule has 45 heavy (non-hydrogen) atoms. The number of phosphoric acid groups is 1. The lowest BCUT2D eigenvalue weighted by Crippen LogP contribution is -2.46. The molecule has 5 N–H and O–H groups in total. The van der Waals surface area contributed by atoms with Gasteiger partial charge in [-0.25, -0.2) is 4.57 Å². The number of aliphatic hydroxyl groups excluding tert-OH is 1. The van der Waals surface area contributed by atoms with Crippen LogP contribution in [0.5, 0.6) is 0 Å². The highest BCUT2D eigenvalue weighted by Crippen LogP contribution is 2.43. The number of nitrogens with two attached hydrogens (primary N) is 1. The summed E-state index contributed by atoms with van der Waals surface area (Å²) in [5.74, 6) is -0.178. The Balaban J connectivity index is 4.29. The highest BCUT2D eigenvalue weighted by Gasteiger charge is 2.27. The van der Waals surface area contributed by atoms with E-state index in [0.29, 0.717) is 12.8 Å². The lowest BCUT2D eigenvalue weighted by Gasteiger charge is -2.25. The number of aliphatic hydroxyl groups is 1. The van der Waals surface area contributed by atoms with Crippen molar-refractivity contribution in [3.8, 4) is 0 Å². The molecule has 0 aromatic carbocycles. The second-order valence-corrected chi connectivity index (χ2v) is 13.9.